The topological polar surface area (TPSA) is 82.9 Å². The lowest BCUT2D eigenvalue weighted by atomic mass is 10.2. The highest BCUT2D eigenvalue weighted by Crippen LogP contribution is 2.25. The van der Waals surface area contributed by atoms with Crippen molar-refractivity contribution < 1.29 is 8.81 Å². The van der Waals surface area contributed by atoms with Gasteiger partial charge in [0.15, 0.2) is 0 Å². The minimum absolute atomic E-state index is 0.273. The Morgan fingerprint density at radius 1 is 1.12 bits per heavy atom. The van der Waals surface area contributed by atoms with E-state index in [0.29, 0.717) is 22.2 Å². The molecule has 0 atom stereocenters. The standard InChI is InChI=1S/C15H13FN4O3S/c1-19-11(7-12(21)20(2)15(19)22)8-24-14-18-17-13(23-14)9-3-5-10(16)6-4-9/h3-7H,8H2,1-2H3. The van der Waals surface area contributed by atoms with Gasteiger partial charge in [-0.2, -0.15) is 0 Å². The van der Waals surface area contributed by atoms with E-state index in [-0.39, 0.29) is 17.3 Å². The molecule has 0 aliphatic rings. The average Bonchev–Trinajstić information content (AvgIpc) is 3.04. The van der Waals surface area contributed by atoms with Crippen molar-refractivity contribution in [1.82, 2.24) is 19.3 Å². The Bertz CT molecular complexity index is 991. The molecular formula is C15H13FN4O3S. The van der Waals surface area contributed by atoms with Gasteiger partial charge in [0.25, 0.3) is 10.8 Å². The van der Waals surface area contributed by atoms with Gasteiger partial charge in [-0.3, -0.25) is 13.9 Å². The van der Waals surface area contributed by atoms with Crippen LogP contribution in [-0.4, -0.2) is 19.3 Å². The molecule has 0 aliphatic heterocycles. The largest absolute Gasteiger partial charge is 0.411 e. The fourth-order valence-electron chi connectivity index (χ4n) is 2.03. The van der Waals surface area contributed by atoms with Crippen LogP contribution >= 0.6 is 11.8 Å². The number of hydrogen-bond acceptors (Lipinski definition) is 6. The van der Waals surface area contributed by atoms with Crippen LogP contribution < -0.4 is 11.2 Å². The third-order valence-corrected chi connectivity index (χ3v) is 4.32. The lowest BCUT2D eigenvalue weighted by molar-refractivity contribution is 0.465. The number of halogens is 1. The second kappa shape index (κ2) is 6.44. The molecule has 0 saturated carbocycles. The molecule has 0 aliphatic carbocycles. The maximum atomic E-state index is 12.9. The summed E-state index contributed by atoms with van der Waals surface area (Å²) in [6, 6.07) is 7.10. The number of aromatic nitrogens is 4. The highest BCUT2D eigenvalue weighted by Gasteiger charge is 2.11. The number of thioether (sulfide) groups is 1. The van der Waals surface area contributed by atoms with Gasteiger partial charge < -0.3 is 4.42 Å². The Morgan fingerprint density at radius 3 is 2.54 bits per heavy atom. The smallest absolute Gasteiger partial charge is 0.330 e. The van der Waals surface area contributed by atoms with E-state index in [2.05, 4.69) is 10.2 Å². The van der Waals surface area contributed by atoms with Crippen molar-refractivity contribution >= 4 is 11.8 Å². The maximum absolute atomic E-state index is 12.9. The number of rotatable bonds is 4. The molecule has 24 heavy (non-hydrogen) atoms. The molecule has 3 aromatic rings. The SMILES string of the molecule is Cn1c(CSc2nnc(-c3ccc(F)cc3)o2)cc(=O)n(C)c1=O. The van der Waals surface area contributed by atoms with Crippen LogP contribution in [0.2, 0.25) is 0 Å². The lowest BCUT2D eigenvalue weighted by Crippen LogP contribution is -2.37. The fraction of sp³-hybridized carbons (Fsp3) is 0.200. The molecule has 3 rings (SSSR count). The summed E-state index contributed by atoms with van der Waals surface area (Å²) in [7, 11) is 3.02. The highest BCUT2D eigenvalue weighted by atomic mass is 32.2. The van der Waals surface area contributed by atoms with Crippen molar-refractivity contribution in [2.24, 2.45) is 14.1 Å². The van der Waals surface area contributed by atoms with E-state index in [9.17, 15) is 14.0 Å². The van der Waals surface area contributed by atoms with E-state index in [1.165, 1.54) is 41.6 Å². The zero-order valence-electron chi connectivity index (χ0n) is 12.9. The van der Waals surface area contributed by atoms with Gasteiger partial charge in [0.1, 0.15) is 5.82 Å². The van der Waals surface area contributed by atoms with Crippen molar-refractivity contribution in [1.29, 1.82) is 0 Å². The normalized spacial score (nSPS) is 11.0. The third kappa shape index (κ3) is 3.16. The molecule has 0 fully saturated rings. The van der Waals surface area contributed by atoms with Crippen LogP contribution in [0.4, 0.5) is 4.39 Å². The predicted molar refractivity (Wildman–Crippen MR) is 86.2 cm³/mol. The molecule has 0 radical (unpaired) electrons. The van der Waals surface area contributed by atoms with Crippen molar-refractivity contribution in [3.63, 3.8) is 0 Å². The van der Waals surface area contributed by atoms with Gasteiger partial charge >= 0.3 is 5.69 Å². The Hall–Kier alpha value is -2.68. The monoisotopic (exact) mass is 348 g/mol. The second-order valence-corrected chi connectivity index (χ2v) is 5.97. The molecule has 7 nitrogen and oxygen atoms in total. The molecule has 2 aromatic heterocycles. The van der Waals surface area contributed by atoms with E-state index in [4.69, 9.17) is 4.42 Å². The molecule has 0 unspecified atom stereocenters. The molecule has 0 amide bonds. The van der Waals surface area contributed by atoms with Crippen molar-refractivity contribution in [2.75, 3.05) is 0 Å². The van der Waals surface area contributed by atoms with Crippen LogP contribution in [-0.2, 0) is 19.8 Å². The molecule has 124 valence electrons. The maximum Gasteiger partial charge on any atom is 0.330 e. The van der Waals surface area contributed by atoms with E-state index >= 15 is 0 Å². The molecule has 0 saturated heterocycles. The summed E-state index contributed by atoms with van der Waals surface area (Å²) in [5.41, 5.74) is 0.397. The van der Waals surface area contributed by atoms with E-state index in [1.807, 2.05) is 0 Å². The van der Waals surface area contributed by atoms with Crippen LogP contribution in [0.1, 0.15) is 5.69 Å². The molecule has 0 bridgehead atoms. The van der Waals surface area contributed by atoms with Gasteiger partial charge in [-0.05, 0) is 24.3 Å². The zero-order chi connectivity index (χ0) is 17.3. The minimum atomic E-state index is -0.393. The summed E-state index contributed by atoms with van der Waals surface area (Å²) in [6.07, 6.45) is 0. The number of benzene rings is 1. The molecule has 9 heteroatoms. The Balaban J connectivity index is 1.78. The summed E-state index contributed by atoms with van der Waals surface area (Å²) in [6.45, 7) is 0. The number of hydrogen-bond donors (Lipinski definition) is 0. The summed E-state index contributed by atoms with van der Waals surface area (Å²) >= 11 is 1.21. The Kier molecular flexibility index (Phi) is 4.34. The van der Waals surface area contributed by atoms with Crippen molar-refractivity contribution in [3.05, 3.63) is 62.7 Å². The quantitative estimate of drug-likeness (QED) is 0.666. The molecule has 0 spiro atoms. The first kappa shape index (κ1) is 16.2. The Morgan fingerprint density at radius 2 is 1.83 bits per heavy atom. The van der Waals surface area contributed by atoms with Gasteiger partial charge in [0, 0.05) is 37.2 Å². The van der Waals surface area contributed by atoms with Gasteiger partial charge in [0.05, 0.1) is 0 Å². The molecular weight excluding hydrogens is 335 g/mol. The molecule has 1 aromatic carbocycles. The van der Waals surface area contributed by atoms with E-state index in [1.54, 1.807) is 19.2 Å². The summed E-state index contributed by atoms with van der Waals surface area (Å²) in [4.78, 5) is 23.6. The average molecular weight is 348 g/mol. The second-order valence-electron chi connectivity index (χ2n) is 5.04. The summed E-state index contributed by atoms with van der Waals surface area (Å²) in [5, 5.41) is 8.10. The Labute approximate surface area is 139 Å². The molecule has 0 N–H and O–H groups in total. The first-order valence-electron chi connectivity index (χ1n) is 6.94. The first-order valence-corrected chi connectivity index (χ1v) is 7.92. The highest BCUT2D eigenvalue weighted by molar-refractivity contribution is 7.98. The summed E-state index contributed by atoms with van der Waals surface area (Å²) in [5.74, 6) is 0.252. The van der Waals surface area contributed by atoms with Crippen molar-refractivity contribution in [2.45, 2.75) is 11.0 Å². The minimum Gasteiger partial charge on any atom is -0.411 e. The van der Waals surface area contributed by atoms with Crippen LogP contribution in [0.5, 0.6) is 0 Å². The lowest BCUT2D eigenvalue weighted by Gasteiger charge is -2.07. The van der Waals surface area contributed by atoms with Crippen LogP contribution in [0.15, 0.2) is 49.6 Å². The van der Waals surface area contributed by atoms with Gasteiger partial charge in [-0.15, -0.1) is 10.2 Å². The van der Waals surface area contributed by atoms with E-state index in [0.717, 1.165) is 4.57 Å². The molecule has 2 heterocycles. The summed E-state index contributed by atoms with van der Waals surface area (Å²) < 4.78 is 20.9. The van der Waals surface area contributed by atoms with Crippen LogP contribution in [0.3, 0.4) is 0 Å². The van der Waals surface area contributed by atoms with Gasteiger partial charge in [-0.25, -0.2) is 9.18 Å². The van der Waals surface area contributed by atoms with Gasteiger partial charge in [0.2, 0.25) is 5.89 Å². The zero-order valence-corrected chi connectivity index (χ0v) is 13.7. The van der Waals surface area contributed by atoms with Crippen molar-refractivity contribution in [3.8, 4) is 11.5 Å². The predicted octanol–water partition coefficient (Wildman–Crippen LogP) is 1.57. The van der Waals surface area contributed by atoms with Gasteiger partial charge in [-0.1, -0.05) is 11.8 Å². The van der Waals surface area contributed by atoms with E-state index < -0.39 is 5.69 Å². The third-order valence-electron chi connectivity index (χ3n) is 3.47. The van der Waals surface area contributed by atoms with Crippen LogP contribution in [0, 0.1) is 5.82 Å². The fourth-order valence-corrected chi connectivity index (χ4v) is 2.81. The van der Waals surface area contributed by atoms with Crippen LogP contribution in [0.25, 0.3) is 11.5 Å². The number of nitrogens with zero attached hydrogens (tertiary/aromatic N) is 4. The first-order chi connectivity index (χ1) is 11.5.